The van der Waals surface area contributed by atoms with Crippen molar-refractivity contribution in [2.24, 2.45) is 0 Å². The fourth-order valence-corrected chi connectivity index (χ4v) is 5.28. The molecule has 1 atom stereocenters. The largest absolute Gasteiger partial charge is 0.494 e. The summed E-state index contributed by atoms with van der Waals surface area (Å²) in [5.74, 6) is -0.301. The van der Waals surface area contributed by atoms with Crippen LogP contribution in [0.5, 0.6) is 5.75 Å². The molecule has 1 N–H and O–H groups in total. The molecule has 214 valence electrons. The van der Waals surface area contributed by atoms with Crippen LogP contribution in [0.4, 0.5) is 5.69 Å². The van der Waals surface area contributed by atoms with Gasteiger partial charge in [0.25, 0.3) is 0 Å². The van der Waals surface area contributed by atoms with Gasteiger partial charge in [-0.2, -0.15) is 0 Å². The van der Waals surface area contributed by atoms with E-state index in [0.29, 0.717) is 28.6 Å². The molecule has 0 fully saturated rings. The van der Waals surface area contributed by atoms with E-state index in [2.05, 4.69) is 5.32 Å². The third-order valence-corrected chi connectivity index (χ3v) is 7.62. The molecule has 3 rings (SSSR count). The van der Waals surface area contributed by atoms with Gasteiger partial charge in [0.2, 0.25) is 21.8 Å². The molecule has 0 heterocycles. The van der Waals surface area contributed by atoms with E-state index < -0.39 is 28.5 Å². The standard InChI is InChI=1S/C30H36ClN3O5S/c1-5-39-26-17-15-25(16-18-26)34(40(4,37)38)21-29(35)33(20-24-13-9-10-14-27(24)31)28(30(36)32-22(2)3)19-23-11-7-6-8-12-23/h6-18,22,28H,5,19-21H2,1-4H3,(H,32,36)/t28-/m1/s1. The highest BCUT2D eigenvalue weighted by atomic mass is 35.5. The zero-order chi connectivity index (χ0) is 29.3. The number of nitrogens with one attached hydrogen (secondary N) is 1. The number of ether oxygens (including phenoxy) is 1. The number of sulfonamides is 1. The van der Waals surface area contributed by atoms with Crippen molar-refractivity contribution in [3.8, 4) is 5.75 Å². The van der Waals surface area contributed by atoms with Gasteiger partial charge in [-0.05, 0) is 62.2 Å². The Bertz CT molecular complexity index is 1380. The number of carbonyl (C=O) groups is 2. The average Bonchev–Trinajstić information content (AvgIpc) is 2.90. The highest BCUT2D eigenvalue weighted by Crippen LogP contribution is 2.24. The van der Waals surface area contributed by atoms with Crippen LogP contribution in [0.3, 0.4) is 0 Å². The number of halogens is 1. The molecule has 2 amide bonds. The molecule has 0 spiro atoms. The van der Waals surface area contributed by atoms with Gasteiger partial charge in [-0.3, -0.25) is 13.9 Å². The van der Waals surface area contributed by atoms with Crippen LogP contribution in [0.15, 0.2) is 78.9 Å². The molecular formula is C30H36ClN3O5S. The Morgan fingerprint density at radius 2 is 1.57 bits per heavy atom. The number of hydrogen-bond donors (Lipinski definition) is 1. The van der Waals surface area contributed by atoms with Crippen molar-refractivity contribution >= 4 is 39.1 Å². The van der Waals surface area contributed by atoms with E-state index in [1.54, 1.807) is 48.5 Å². The van der Waals surface area contributed by atoms with Crippen molar-refractivity contribution in [3.63, 3.8) is 0 Å². The second-order valence-corrected chi connectivity index (χ2v) is 12.0. The van der Waals surface area contributed by atoms with E-state index in [-0.39, 0.29) is 24.9 Å². The van der Waals surface area contributed by atoms with Crippen LogP contribution in [-0.2, 0) is 32.6 Å². The minimum atomic E-state index is -3.86. The van der Waals surface area contributed by atoms with Gasteiger partial charge in [0, 0.05) is 24.0 Å². The van der Waals surface area contributed by atoms with Gasteiger partial charge in [-0.1, -0.05) is 60.1 Å². The van der Waals surface area contributed by atoms with Gasteiger partial charge >= 0.3 is 0 Å². The maximum absolute atomic E-state index is 14.1. The quantitative estimate of drug-likeness (QED) is 0.314. The minimum absolute atomic E-state index is 0.0163. The summed E-state index contributed by atoms with van der Waals surface area (Å²) in [7, 11) is -3.86. The van der Waals surface area contributed by atoms with Gasteiger partial charge in [-0.25, -0.2) is 8.42 Å². The predicted molar refractivity (Wildman–Crippen MR) is 159 cm³/mol. The molecule has 0 aliphatic carbocycles. The number of benzene rings is 3. The first-order chi connectivity index (χ1) is 19.0. The van der Waals surface area contributed by atoms with Crippen LogP contribution in [0, 0.1) is 0 Å². The van der Waals surface area contributed by atoms with E-state index >= 15 is 0 Å². The lowest BCUT2D eigenvalue weighted by Crippen LogP contribution is -2.54. The molecule has 8 nitrogen and oxygen atoms in total. The van der Waals surface area contributed by atoms with E-state index in [4.69, 9.17) is 16.3 Å². The van der Waals surface area contributed by atoms with Crippen LogP contribution >= 0.6 is 11.6 Å². The van der Waals surface area contributed by atoms with Crippen LogP contribution in [-0.4, -0.2) is 56.6 Å². The van der Waals surface area contributed by atoms with Gasteiger partial charge < -0.3 is 15.0 Å². The van der Waals surface area contributed by atoms with Crippen molar-refractivity contribution in [1.82, 2.24) is 10.2 Å². The maximum atomic E-state index is 14.1. The molecule has 3 aromatic carbocycles. The Labute approximate surface area is 241 Å². The molecule has 0 aromatic heterocycles. The van der Waals surface area contributed by atoms with E-state index in [9.17, 15) is 18.0 Å². The monoisotopic (exact) mass is 585 g/mol. The second kappa shape index (κ2) is 14.2. The van der Waals surface area contributed by atoms with Crippen molar-refractivity contribution in [3.05, 3.63) is 95.0 Å². The normalized spacial score (nSPS) is 12.1. The van der Waals surface area contributed by atoms with Crippen LogP contribution in [0.2, 0.25) is 5.02 Å². The summed E-state index contributed by atoms with van der Waals surface area (Å²) < 4.78 is 32.3. The molecule has 0 radical (unpaired) electrons. The Kier molecular flexibility index (Phi) is 11.0. The second-order valence-electron chi connectivity index (χ2n) is 9.68. The number of carbonyl (C=O) groups excluding carboxylic acids is 2. The molecule has 0 aliphatic heterocycles. The van der Waals surface area contributed by atoms with Crippen LogP contribution in [0.1, 0.15) is 31.9 Å². The third kappa shape index (κ3) is 8.72. The Morgan fingerprint density at radius 1 is 0.950 bits per heavy atom. The zero-order valence-corrected chi connectivity index (χ0v) is 24.8. The molecule has 0 unspecified atom stereocenters. The lowest BCUT2D eigenvalue weighted by atomic mass is 10.0. The van der Waals surface area contributed by atoms with Gasteiger partial charge in [0.1, 0.15) is 18.3 Å². The van der Waals surface area contributed by atoms with Crippen molar-refractivity contribution < 1.29 is 22.7 Å². The summed E-state index contributed by atoms with van der Waals surface area (Å²) in [6.45, 7) is 5.51. The fourth-order valence-electron chi connectivity index (χ4n) is 4.23. The molecular weight excluding hydrogens is 550 g/mol. The molecule has 0 aliphatic rings. The van der Waals surface area contributed by atoms with E-state index in [1.807, 2.05) is 51.1 Å². The Hall–Kier alpha value is -3.56. The topological polar surface area (TPSA) is 96.0 Å². The highest BCUT2D eigenvalue weighted by Gasteiger charge is 2.33. The molecule has 0 bridgehead atoms. The van der Waals surface area contributed by atoms with Gasteiger partial charge in [-0.15, -0.1) is 0 Å². The Morgan fingerprint density at radius 3 is 2.15 bits per heavy atom. The molecule has 0 saturated heterocycles. The van der Waals surface area contributed by atoms with Gasteiger partial charge in [0.15, 0.2) is 0 Å². The number of rotatable bonds is 13. The summed E-state index contributed by atoms with van der Waals surface area (Å²) in [6.07, 6.45) is 1.28. The summed E-state index contributed by atoms with van der Waals surface area (Å²) in [6, 6.07) is 21.8. The van der Waals surface area contributed by atoms with E-state index in [0.717, 1.165) is 16.1 Å². The average molecular weight is 586 g/mol. The number of nitrogens with zero attached hydrogens (tertiary/aromatic N) is 2. The molecule has 40 heavy (non-hydrogen) atoms. The van der Waals surface area contributed by atoms with Crippen molar-refractivity contribution in [1.29, 1.82) is 0 Å². The summed E-state index contributed by atoms with van der Waals surface area (Å²) in [5, 5.41) is 3.36. The van der Waals surface area contributed by atoms with Gasteiger partial charge in [0.05, 0.1) is 18.6 Å². The predicted octanol–water partition coefficient (Wildman–Crippen LogP) is 4.67. The lowest BCUT2D eigenvalue weighted by Gasteiger charge is -2.34. The summed E-state index contributed by atoms with van der Waals surface area (Å²) in [5.41, 5.74) is 1.80. The Balaban J connectivity index is 2.04. The maximum Gasteiger partial charge on any atom is 0.244 e. The first kappa shape index (κ1) is 31.0. The minimum Gasteiger partial charge on any atom is -0.494 e. The zero-order valence-electron chi connectivity index (χ0n) is 23.2. The smallest absolute Gasteiger partial charge is 0.244 e. The molecule has 10 heteroatoms. The SMILES string of the molecule is CCOc1ccc(N(CC(=O)N(Cc2ccccc2Cl)[C@H](Cc2ccccc2)C(=O)NC(C)C)S(C)(=O)=O)cc1. The van der Waals surface area contributed by atoms with Crippen molar-refractivity contribution in [2.45, 2.75) is 45.8 Å². The van der Waals surface area contributed by atoms with Crippen LogP contribution in [0.25, 0.3) is 0 Å². The van der Waals surface area contributed by atoms with Crippen molar-refractivity contribution in [2.75, 3.05) is 23.7 Å². The first-order valence-electron chi connectivity index (χ1n) is 13.1. The molecule has 0 saturated carbocycles. The fraction of sp³-hybridized carbons (Fsp3) is 0.333. The molecule has 3 aromatic rings. The number of hydrogen-bond acceptors (Lipinski definition) is 5. The number of amides is 2. The van der Waals surface area contributed by atoms with E-state index in [1.165, 1.54) is 4.90 Å². The first-order valence-corrected chi connectivity index (χ1v) is 15.3. The highest BCUT2D eigenvalue weighted by molar-refractivity contribution is 7.92. The van der Waals surface area contributed by atoms with Crippen LogP contribution < -0.4 is 14.4 Å². The number of anilines is 1. The lowest BCUT2D eigenvalue weighted by molar-refractivity contribution is -0.140. The summed E-state index contributed by atoms with van der Waals surface area (Å²) >= 11 is 6.46. The summed E-state index contributed by atoms with van der Waals surface area (Å²) in [4.78, 5) is 29.0. The third-order valence-electron chi connectivity index (χ3n) is 6.12.